The quantitative estimate of drug-likeness (QED) is 0.177. The highest BCUT2D eigenvalue weighted by Crippen LogP contribution is 2.21. The molecule has 2 aromatic carbocycles. The summed E-state index contributed by atoms with van der Waals surface area (Å²) in [4.78, 5) is 54.4. The number of rotatable bonds is 12. The molecule has 4 aromatic rings. The van der Waals surface area contributed by atoms with E-state index in [1.165, 1.54) is 0 Å². The van der Waals surface area contributed by atoms with Gasteiger partial charge in [0.15, 0.2) is 0 Å². The van der Waals surface area contributed by atoms with Crippen LogP contribution < -0.4 is 21.3 Å². The van der Waals surface area contributed by atoms with Gasteiger partial charge in [-0.05, 0) is 60.2 Å². The first kappa shape index (κ1) is 27.9. The monoisotopic (exact) mass is 547 g/mol. The van der Waals surface area contributed by atoms with Crippen LogP contribution in [0.1, 0.15) is 39.9 Å². The topological polar surface area (TPSA) is 190 Å². The molecule has 1 amide bonds. The third kappa shape index (κ3) is 6.65. The number of carbonyl (C=O) groups excluding carboxylic acids is 1. The zero-order valence-corrected chi connectivity index (χ0v) is 21.7. The van der Waals surface area contributed by atoms with Crippen LogP contribution in [-0.4, -0.2) is 55.7 Å². The van der Waals surface area contributed by atoms with E-state index < -0.39 is 23.9 Å². The van der Waals surface area contributed by atoms with E-state index >= 15 is 0 Å². The number of hydrogen-bond donors (Lipinski definition) is 5. The molecule has 12 heteroatoms. The van der Waals surface area contributed by atoms with Crippen molar-refractivity contribution >= 4 is 34.8 Å². The molecule has 4 rings (SSSR count). The van der Waals surface area contributed by atoms with E-state index in [1.807, 2.05) is 35.0 Å². The Balaban J connectivity index is 1.48. The number of methoxy groups -OCH3 is 1. The number of benzene rings is 2. The molecule has 0 aliphatic carbocycles. The first-order valence-electron chi connectivity index (χ1n) is 12.5. The van der Waals surface area contributed by atoms with Crippen molar-refractivity contribution in [2.75, 3.05) is 12.8 Å². The molecule has 0 aliphatic heterocycles. The summed E-state index contributed by atoms with van der Waals surface area (Å²) >= 11 is 0. The van der Waals surface area contributed by atoms with Gasteiger partial charge >= 0.3 is 11.9 Å². The average Bonchev–Trinajstić information content (AvgIpc) is 3.27. The minimum absolute atomic E-state index is 0.0279. The third-order valence-corrected chi connectivity index (χ3v) is 6.48. The Labute approximate surface area is 228 Å². The fraction of sp³-hybridized carbons (Fsp3) is 0.250. The van der Waals surface area contributed by atoms with Crippen LogP contribution in [0, 0.1) is 0 Å². The standard InChI is InChI=1S/C28H29N5O7/c1-40-20-10-5-17(6-11-20)14-33-15-19(23-24(33)31-28(29)32-26(23)37)9-4-16-2-7-18(8-3-16)25(36)30-21(27(38)39)12-13-22(34)35/h2-3,5-8,10-11,15,21H,4,9,12-14H2,1H3,(H,30,36)(H,34,35)(H,38,39)(H3,29,31,32,37)/t21-/m0/s1. The molecule has 0 spiro atoms. The van der Waals surface area contributed by atoms with E-state index in [0.29, 0.717) is 30.4 Å². The van der Waals surface area contributed by atoms with Crippen molar-refractivity contribution in [2.45, 2.75) is 38.3 Å². The number of aromatic nitrogens is 3. The Bertz CT molecular complexity index is 1590. The highest BCUT2D eigenvalue weighted by molar-refractivity contribution is 5.96. The molecule has 6 N–H and O–H groups in total. The zero-order valence-electron chi connectivity index (χ0n) is 21.7. The van der Waals surface area contributed by atoms with Crippen molar-refractivity contribution in [1.29, 1.82) is 0 Å². The number of H-pyrrole nitrogens is 1. The summed E-state index contributed by atoms with van der Waals surface area (Å²) in [5, 5.41) is 20.9. The zero-order chi connectivity index (χ0) is 28.8. The number of aryl methyl sites for hydroxylation is 2. The van der Waals surface area contributed by atoms with Crippen LogP contribution in [0.15, 0.2) is 59.5 Å². The Kier molecular flexibility index (Phi) is 8.48. The van der Waals surface area contributed by atoms with Gasteiger partial charge in [-0.25, -0.2) is 4.79 Å². The van der Waals surface area contributed by atoms with Crippen LogP contribution in [0.2, 0.25) is 0 Å². The van der Waals surface area contributed by atoms with Crippen molar-refractivity contribution in [3.05, 3.63) is 87.3 Å². The van der Waals surface area contributed by atoms with Crippen molar-refractivity contribution in [3.63, 3.8) is 0 Å². The molecule has 0 fully saturated rings. The Morgan fingerprint density at radius 2 is 1.73 bits per heavy atom. The Morgan fingerprint density at radius 1 is 1.05 bits per heavy atom. The number of nitrogens with two attached hydrogens (primary N) is 1. The molecule has 2 heterocycles. The van der Waals surface area contributed by atoms with Gasteiger partial charge in [-0.1, -0.05) is 24.3 Å². The van der Waals surface area contributed by atoms with E-state index in [4.69, 9.17) is 15.6 Å². The van der Waals surface area contributed by atoms with Gasteiger partial charge in [-0.2, -0.15) is 4.98 Å². The van der Waals surface area contributed by atoms with Gasteiger partial charge in [0.25, 0.3) is 11.5 Å². The number of ether oxygens (including phenoxy) is 1. The molecule has 2 aromatic heterocycles. The lowest BCUT2D eigenvalue weighted by Gasteiger charge is -2.13. The second kappa shape index (κ2) is 12.2. The van der Waals surface area contributed by atoms with Crippen LogP contribution in [-0.2, 0) is 29.0 Å². The highest BCUT2D eigenvalue weighted by atomic mass is 16.5. The number of carboxylic acid groups (broad SMARTS) is 2. The number of hydrogen-bond acceptors (Lipinski definition) is 7. The van der Waals surface area contributed by atoms with Gasteiger partial charge in [0.05, 0.1) is 12.5 Å². The summed E-state index contributed by atoms with van der Waals surface area (Å²) < 4.78 is 7.10. The SMILES string of the molecule is COc1ccc(Cn2cc(CCc3ccc(C(=O)N[C@@H](CCC(=O)O)C(=O)O)cc3)c3c(=O)[nH]c(N)nc32)cc1. The maximum absolute atomic E-state index is 12.8. The van der Waals surface area contributed by atoms with Gasteiger partial charge in [-0.3, -0.25) is 19.4 Å². The summed E-state index contributed by atoms with van der Waals surface area (Å²) in [7, 11) is 1.60. The van der Waals surface area contributed by atoms with Crippen LogP contribution >= 0.6 is 0 Å². The molecule has 12 nitrogen and oxygen atoms in total. The first-order chi connectivity index (χ1) is 19.1. The van der Waals surface area contributed by atoms with E-state index in [1.54, 1.807) is 31.4 Å². The molecule has 40 heavy (non-hydrogen) atoms. The minimum Gasteiger partial charge on any atom is -0.497 e. The Hall–Kier alpha value is -5.13. The molecular formula is C28H29N5O7. The average molecular weight is 548 g/mol. The Morgan fingerprint density at radius 3 is 2.35 bits per heavy atom. The van der Waals surface area contributed by atoms with Gasteiger partial charge in [0, 0.05) is 24.7 Å². The normalized spacial score (nSPS) is 11.7. The van der Waals surface area contributed by atoms with E-state index in [0.717, 1.165) is 22.4 Å². The molecule has 0 saturated heterocycles. The maximum Gasteiger partial charge on any atom is 0.326 e. The number of nitrogens with one attached hydrogen (secondary N) is 2. The molecule has 0 bridgehead atoms. The lowest BCUT2D eigenvalue weighted by Crippen LogP contribution is -2.41. The number of aromatic amines is 1. The smallest absolute Gasteiger partial charge is 0.326 e. The van der Waals surface area contributed by atoms with E-state index in [2.05, 4.69) is 15.3 Å². The van der Waals surface area contributed by atoms with Crippen LogP contribution in [0.4, 0.5) is 5.95 Å². The van der Waals surface area contributed by atoms with Crippen molar-refractivity contribution in [1.82, 2.24) is 19.9 Å². The number of carbonyl (C=O) groups is 3. The van der Waals surface area contributed by atoms with Crippen molar-refractivity contribution in [3.8, 4) is 5.75 Å². The lowest BCUT2D eigenvalue weighted by molar-refractivity contribution is -0.140. The number of carboxylic acids is 2. The number of fused-ring (bicyclic) bond motifs is 1. The van der Waals surface area contributed by atoms with Crippen LogP contribution in [0.25, 0.3) is 11.0 Å². The van der Waals surface area contributed by atoms with Crippen LogP contribution in [0.5, 0.6) is 5.75 Å². The van der Waals surface area contributed by atoms with Gasteiger partial charge in [0.2, 0.25) is 5.95 Å². The van der Waals surface area contributed by atoms with Crippen molar-refractivity contribution in [2.24, 2.45) is 0 Å². The molecule has 0 unspecified atom stereocenters. The van der Waals surface area contributed by atoms with Crippen LogP contribution in [0.3, 0.4) is 0 Å². The summed E-state index contributed by atoms with van der Waals surface area (Å²) in [6, 6.07) is 12.9. The van der Waals surface area contributed by atoms with Gasteiger partial charge < -0.3 is 30.6 Å². The highest BCUT2D eigenvalue weighted by Gasteiger charge is 2.22. The molecule has 1 atom stereocenters. The van der Waals surface area contributed by atoms with Gasteiger partial charge in [0.1, 0.15) is 17.4 Å². The second-order valence-corrected chi connectivity index (χ2v) is 9.27. The number of aliphatic carboxylic acids is 2. The fourth-order valence-electron chi connectivity index (χ4n) is 4.40. The lowest BCUT2D eigenvalue weighted by atomic mass is 10.0. The summed E-state index contributed by atoms with van der Waals surface area (Å²) in [5.41, 5.74) is 8.91. The predicted molar refractivity (Wildman–Crippen MR) is 146 cm³/mol. The summed E-state index contributed by atoms with van der Waals surface area (Å²) in [6.07, 6.45) is 2.37. The fourth-order valence-corrected chi connectivity index (χ4v) is 4.40. The molecule has 0 aliphatic rings. The first-order valence-corrected chi connectivity index (χ1v) is 12.5. The van der Waals surface area contributed by atoms with E-state index in [-0.39, 0.29) is 29.9 Å². The van der Waals surface area contributed by atoms with Crippen molar-refractivity contribution < 1.29 is 29.3 Å². The third-order valence-electron chi connectivity index (χ3n) is 6.48. The predicted octanol–water partition coefficient (Wildman–Crippen LogP) is 2.20. The molecule has 208 valence electrons. The van der Waals surface area contributed by atoms with Gasteiger partial charge in [-0.15, -0.1) is 0 Å². The number of amides is 1. The summed E-state index contributed by atoms with van der Waals surface area (Å²) in [6.45, 7) is 0.476. The number of nitrogens with zero attached hydrogens (tertiary/aromatic N) is 2. The molecule has 0 radical (unpaired) electrons. The maximum atomic E-state index is 12.8. The number of anilines is 1. The molecule has 0 saturated carbocycles. The minimum atomic E-state index is -1.31. The van der Waals surface area contributed by atoms with E-state index in [9.17, 15) is 24.3 Å². The second-order valence-electron chi connectivity index (χ2n) is 9.27. The summed E-state index contributed by atoms with van der Waals surface area (Å²) in [5.74, 6) is -2.29. The number of nitrogen functional groups attached to an aromatic ring is 1. The largest absolute Gasteiger partial charge is 0.497 e. The molecular weight excluding hydrogens is 518 g/mol.